The summed E-state index contributed by atoms with van der Waals surface area (Å²) in [5.74, 6) is 0.899. The molecule has 0 heterocycles. The first kappa shape index (κ1) is 12.0. The van der Waals surface area contributed by atoms with E-state index >= 15 is 0 Å². The van der Waals surface area contributed by atoms with Crippen molar-refractivity contribution in [1.29, 1.82) is 0 Å². The summed E-state index contributed by atoms with van der Waals surface area (Å²) in [4.78, 5) is 0. The fourth-order valence-corrected chi connectivity index (χ4v) is 2.40. The number of nitrogens with two attached hydrogens (primary N) is 1. The zero-order chi connectivity index (χ0) is 10.2. The smallest absolute Gasteiger partial charge is 0.0540 e. The highest BCUT2D eigenvalue weighted by Gasteiger charge is 2.14. The largest absolute Gasteiger partial charge is 0.393 e. The summed E-state index contributed by atoms with van der Waals surface area (Å²) in [6, 6.07) is 0. The standard InChI is InChI=1S/C12H25NO/c13-10-4-7-12(14)9-8-11-5-2-1-3-6-11/h11-12,14H,1-10,13H2. The molecule has 1 unspecified atom stereocenters. The Hall–Kier alpha value is -0.0800. The molecular formula is C12H25NO. The Balaban J connectivity index is 2.00. The molecule has 14 heavy (non-hydrogen) atoms. The summed E-state index contributed by atoms with van der Waals surface area (Å²) >= 11 is 0. The van der Waals surface area contributed by atoms with Gasteiger partial charge in [0.05, 0.1) is 6.10 Å². The van der Waals surface area contributed by atoms with E-state index in [2.05, 4.69) is 0 Å². The van der Waals surface area contributed by atoms with Crippen LogP contribution in [0.1, 0.15) is 57.8 Å². The van der Waals surface area contributed by atoms with Crippen molar-refractivity contribution in [3.8, 4) is 0 Å². The predicted octanol–water partition coefficient (Wildman–Crippen LogP) is 2.45. The minimum absolute atomic E-state index is 0.0968. The number of rotatable bonds is 6. The van der Waals surface area contributed by atoms with Crippen molar-refractivity contribution in [1.82, 2.24) is 0 Å². The molecule has 0 aromatic heterocycles. The van der Waals surface area contributed by atoms with Gasteiger partial charge in [-0.15, -0.1) is 0 Å². The van der Waals surface area contributed by atoms with Crippen molar-refractivity contribution in [2.75, 3.05) is 6.54 Å². The number of hydrogen-bond acceptors (Lipinski definition) is 2. The van der Waals surface area contributed by atoms with Crippen molar-refractivity contribution >= 4 is 0 Å². The Labute approximate surface area is 87.9 Å². The maximum absolute atomic E-state index is 9.66. The minimum atomic E-state index is -0.0968. The molecule has 1 aliphatic carbocycles. The van der Waals surface area contributed by atoms with E-state index in [4.69, 9.17) is 5.73 Å². The second kappa shape index (κ2) is 7.24. The van der Waals surface area contributed by atoms with Crippen molar-refractivity contribution in [3.05, 3.63) is 0 Å². The van der Waals surface area contributed by atoms with Gasteiger partial charge in [-0.05, 0) is 38.1 Å². The van der Waals surface area contributed by atoms with Gasteiger partial charge in [0.2, 0.25) is 0 Å². The molecule has 0 aliphatic heterocycles. The maximum Gasteiger partial charge on any atom is 0.0540 e. The van der Waals surface area contributed by atoms with Crippen LogP contribution in [0.25, 0.3) is 0 Å². The molecule has 0 bridgehead atoms. The van der Waals surface area contributed by atoms with Gasteiger partial charge >= 0.3 is 0 Å². The molecule has 0 radical (unpaired) electrons. The number of hydrogen-bond donors (Lipinski definition) is 2. The highest BCUT2D eigenvalue weighted by atomic mass is 16.3. The molecule has 3 N–H and O–H groups in total. The first-order valence-electron chi connectivity index (χ1n) is 6.21. The molecule has 1 atom stereocenters. The van der Waals surface area contributed by atoms with E-state index in [1.54, 1.807) is 0 Å². The van der Waals surface area contributed by atoms with E-state index in [9.17, 15) is 5.11 Å². The summed E-state index contributed by atoms with van der Waals surface area (Å²) < 4.78 is 0. The molecule has 1 aliphatic rings. The van der Waals surface area contributed by atoms with Gasteiger partial charge in [-0.1, -0.05) is 32.1 Å². The maximum atomic E-state index is 9.66. The van der Waals surface area contributed by atoms with Crippen molar-refractivity contribution in [2.24, 2.45) is 11.7 Å². The van der Waals surface area contributed by atoms with Gasteiger partial charge in [0.15, 0.2) is 0 Å². The number of aliphatic hydroxyl groups is 1. The normalized spacial score (nSPS) is 21.0. The quantitative estimate of drug-likeness (QED) is 0.690. The van der Waals surface area contributed by atoms with Crippen LogP contribution >= 0.6 is 0 Å². The molecule has 0 saturated heterocycles. The Morgan fingerprint density at radius 2 is 1.86 bits per heavy atom. The molecule has 2 heteroatoms. The third-order valence-electron chi connectivity index (χ3n) is 3.37. The Morgan fingerprint density at radius 1 is 1.14 bits per heavy atom. The molecule has 84 valence electrons. The third kappa shape index (κ3) is 4.97. The Morgan fingerprint density at radius 3 is 2.50 bits per heavy atom. The SMILES string of the molecule is NCCCC(O)CCC1CCCCC1. The summed E-state index contributed by atoms with van der Waals surface area (Å²) in [5.41, 5.74) is 5.40. The molecule has 0 amide bonds. The lowest BCUT2D eigenvalue weighted by atomic mass is 9.85. The average molecular weight is 199 g/mol. The lowest BCUT2D eigenvalue weighted by molar-refractivity contribution is 0.138. The third-order valence-corrected chi connectivity index (χ3v) is 3.37. The van der Waals surface area contributed by atoms with Crippen LogP contribution in [0.5, 0.6) is 0 Å². The van der Waals surface area contributed by atoms with Crippen LogP contribution in [0.4, 0.5) is 0 Å². The van der Waals surface area contributed by atoms with E-state index < -0.39 is 0 Å². The van der Waals surface area contributed by atoms with Crippen LogP contribution < -0.4 is 5.73 Å². The molecule has 0 aromatic carbocycles. The molecule has 0 aromatic rings. The van der Waals surface area contributed by atoms with Crippen LogP contribution in [-0.2, 0) is 0 Å². The lowest BCUT2D eigenvalue weighted by Crippen LogP contribution is -2.13. The zero-order valence-electron chi connectivity index (χ0n) is 9.25. The van der Waals surface area contributed by atoms with Gasteiger partial charge in [0.1, 0.15) is 0 Å². The van der Waals surface area contributed by atoms with Crippen LogP contribution in [0.15, 0.2) is 0 Å². The Kier molecular flexibility index (Phi) is 6.20. The summed E-state index contributed by atoms with van der Waals surface area (Å²) in [7, 11) is 0. The monoisotopic (exact) mass is 199 g/mol. The lowest BCUT2D eigenvalue weighted by Gasteiger charge is -2.22. The van der Waals surface area contributed by atoms with Gasteiger partial charge in [-0.3, -0.25) is 0 Å². The average Bonchev–Trinajstić information content (AvgIpc) is 2.25. The first-order chi connectivity index (χ1) is 6.83. The van der Waals surface area contributed by atoms with E-state index in [1.165, 1.54) is 38.5 Å². The molecule has 0 spiro atoms. The second-order valence-corrected chi connectivity index (χ2v) is 4.67. The Bertz CT molecular complexity index is 132. The topological polar surface area (TPSA) is 46.2 Å². The van der Waals surface area contributed by atoms with E-state index in [0.717, 1.165) is 25.2 Å². The molecule has 1 saturated carbocycles. The summed E-state index contributed by atoms with van der Waals surface area (Å²) in [6.07, 6.45) is 11.0. The molecule has 1 rings (SSSR count). The fourth-order valence-electron chi connectivity index (χ4n) is 2.40. The highest BCUT2D eigenvalue weighted by Crippen LogP contribution is 2.27. The number of aliphatic hydroxyl groups excluding tert-OH is 1. The molecule has 2 nitrogen and oxygen atoms in total. The van der Waals surface area contributed by atoms with Gasteiger partial charge < -0.3 is 10.8 Å². The van der Waals surface area contributed by atoms with E-state index in [0.29, 0.717) is 6.54 Å². The van der Waals surface area contributed by atoms with Crippen molar-refractivity contribution in [3.63, 3.8) is 0 Å². The van der Waals surface area contributed by atoms with Crippen LogP contribution in [0.3, 0.4) is 0 Å². The molecular weight excluding hydrogens is 174 g/mol. The van der Waals surface area contributed by atoms with Gasteiger partial charge in [0, 0.05) is 0 Å². The van der Waals surface area contributed by atoms with E-state index in [1.807, 2.05) is 0 Å². The minimum Gasteiger partial charge on any atom is -0.393 e. The van der Waals surface area contributed by atoms with Crippen molar-refractivity contribution < 1.29 is 5.11 Å². The van der Waals surface area contributed by atoms with Crippen LogP contribution in [0.2, 0.25) is 0 Å². The van der Waals surface area contributed by atoms with Crippen LogP contribution in [0, 0.1) is 5.92 Å². The predicted molar refractivity (Wildman–Crippen MR) is 60.1 cm³/mol. The zero-order valence-corrected chi connectivity index (χ0v) is 9.25. The van der Waals surface area contributed by atoms with Gasteiger partial charge in [-0.25, -0.2) is 0 Å². The summed E-state index contributed by atoms with van der Waals surface area (Å²) in [5, 5.41) is 9.66. The molecule has 1 fully saturated rings. The van der Waals surface area contributed by atoms with Gasteiger partial charge in [-0.2, -0.15) is 0 Å². The summed E-state index contributed by atoms with van der Waals surface area (Å²) in [6.45, 7) is 0.709. The highest BCUT2D eigenvalue weighted by molar-refractivity contribution is 4.68. The van der Waals surface area contributed by atoms with E-state index in [-0.39, 0.29) is 6.10 Å². The fraction of sp³-hybridized carbons (Fsp3) is 1.00. The first-order valence-corrected chi connectivity index (χ1v) is 6.21. The van der Waals surface area contributed by atoms with Gasteiger partial charge in [0.25, 0.3) is 0 Å². The second-order valence-electron chi connectivity index (χ2n) is 4.67. The van der Waals surface area contributed by atoms with Crippen molar-refractivity contribution in [2.45, 2.75) is 63.9 Å². The van der Waals surface area contributed by atoms with Crippen LogP contribution in [-0.4, -0.2) is 17.8 Å².